The molecular weight excluding hydrogens is 216 g/mol. The van der Waals surface area contributed by atoms with E-state index in [4.69, 9.17) is 4.74 Å². The molecule has 0 aromatic rings. The van der Waals surface area contributed by atoms with Crippen molar-refractivity contribution in [3.63, 3.8) is 0 Å². The van der Waals surface area contributed by atoms with Gasteiger partial charge in [0.25, 0.3) is 0 Å². The van der Waals surface area contributed by atoms with Crippen LogP contribution in [-0.4, -0.2) is 41.8 Å². The number of hydrogen-bond donors (Lipinski definition) is 1. The van der Waals surface area contributed by atoms with E-state index < -0.39 is 0 Å². The smallest absolute Gasteiger partial charge is 0.241 e. The summed E-state index contributed by atoms with van der Waals surface area (Å²) in [6.07, 6.45) is 2.28. The highest BCUT2D eigenvalue weighted by Crippen LogP contribution is 2.28. The molecule has 4 heteroatoms. The summed E-state index contributed by atoms with van der Waals surface area (Å²) < 4.78 is 5.77. The molecule has 1 amide bonds. The Kier molecular flexibility index (Phi) is 3.46. The lowest BCUT2D eigenvalue weighted by Gasteiger charge is -2.31. The molecule has 0 spiro atoms. The maximum absolute atomic E-state index is 12.3. The van der Waals surface area contributed by atoms with Crippen LogP contribution in [0.3, 0.4) is 0 Å². The van der Waals surface area contributed by atoms with Crippen LogP contribution in [0.2, 0.25) is 0 Å². The van der Waals surface area contributed by atoms with Gasteiger partial charge in [0.2, 0.25) is 5.91 Å². The van der Waals surface area contributed by atoms with Gasteiger partial charge in [-0.3, -0.25) is 10.1 Å². The SMILES string of the molecule is CC(C)C1NC(C)N(CC2(C)CCCO2)C1=O. The topological polar surface area (TPSA) is 41.6 Å². The van der Waals surface area contributed by atoms with Gasteiger partial charge < -0.3 is 9.64 Å². The Labute approximate surface area is 104 Å². The van der Waals surface area contributed by atoms with Gasteiger partial charge in [0.05, 0.1) is 24.4 Å². The third kappa shape index (κ3) is 2.47. The number of amides is 1. The molecule has 17 heavy (non-hydrogen) atoms. The average Bonchev–Trinajstić information content (AvgIpc) is 2.78. The zero-order valence-electron chi connectivity index (χ0n) is 11.3. The third-order valence-electron chi connectivity index (χ3n) is 3.91. The molecule has 0 aliphatic carbocycles. The highest BCUT2D eigenvalue weighted by molar-refractivity contribution is 5.84. The van der Waals surface area contributed by atoms with Crippen LogP contribution >= 0.6 is 0 Å². The maximum Gasteiger partial charge on any atom is 0.241 e. The number of nitrogens with one attached hydrogen (secondary N) is 1. The highest BCUT2D eigenvalue weighted by atomic mass is 16.5. The predicted octanol–water partition coefficient (Wildman–Crippen LogP) is 1.36. The van der Waals surface area contributed by atoms with Gasteiger partial charge in [0, 0.05) is 6.61 Å². The molecule has 1 N–H and O–H groups in total. The van der Waals surface area contributed by atoms with E-state index in [0.717, 1.165) is 19.4 Å². The Morgan fingerprint density at radius 2 is 2.29 bits per heavy atom. The first-order valence-electron chi connectivity index (χ1n) is 6.63. The molecule has 2 aliphatic heterocycles. The normalized spacial score (nSPS) is 38.4. The minimum atomic E-state index is -0.141. The molecule has 2 heterocycles. The Hall–Kier alpha value is -0.610. The molecular formula is C13H24N2O2. The fraction of sp³-hybridized carbons (Fsp3) is 0.923. The number of carbonyl (C=O) groups is 1. The van der Waals surface area contributed by atoms with Crippen molar-refractivity contribution in [2.45, 2.75) is 58.3 Å². The molecule has 0 bridgehead atoms. The molecule has 0 saturated carbocycles. The second-order valence-corrected chi connectivity index (χ2v) is 5.93. The molecule has 2 rings (SSSR count). The van der Waals surface area contributed by atoms with E-state index in [1.54, 1.807) is 0 Å². The summed E-state index contributed by atoms with van der Waals surface area (Å²) in [5.74, 6) is 0.566. The molecule has 2 saturated heterocycles. The Bertz CT molecular complexity index is 298. The fourth-order valence-corrected chi connectivity index (χ4v) is 2.80. The molecule has 3 unspecified atom stereocenters. The lowest BCUT2D eigenvalue weighted by atomic mass is 10.0. The maximum atomic E-state index is 12.3. The minimum Gasteiger partial charge on any atom is -0.373 e. The van der Waals surface area contributed by atoms with E-state index in [1.807, 2.05) is 4.90 Å². The minimum absolute atomic E-state index is 0.0324. The first-order valence-corrected chi connectivity index (χ1v) is 6.63. The number of carbonyl (C=O) groups excluding carboxylic acids is 1. The van der Waals surface area contributed by atoms with Crippen LogP contribution < -0.4 is 5.32 Å². The fourth-order valence-electron chi connectivity index (χ4n) is 2.80. The van der Waals surface area contributed by atoms with Crippen molar-refractivity contribution in [3.05, 3.63) is 0 Å². The molecule has 0 aromatic heterocycles. The van der Waals surface area contributed by atoms with Crippen molar-refractivity contribution in [2.24, 2.45) is 5.92 Å². The van der Waals surface area contributed by atoms with E-state index in [0.29, 0.717) is 12.5 Å². The van der Waals surface area contributed by atoms with Crippen molar-refractivity contribution >= 4 is 5.91 Å². The van der Waals surface area contributed by atoms with Crippen molar-refractivity contribution in [1.29, 1.82) is 0 Å². The second kappa shape index (κ2) is 4.58. The Morgan fingerprint density at radius 1 is 1.59 bits per heavy atom. The van der Waals surface area contributed by atoms with Gasteiger partial charge in [-0.1, -0.05) is 13.8 Å². The summed E-state index contributed by atoms with van der Waals surface area (Å²) in [6.45, 7) is 9.87. The summed E-state index contributed by atoms with van der Waals surface area (Å²) in [4.78, 5) is 14.2. The molecule has 4 nitrogen and oxygen atoms in total. The van der Waals surface area contributed by atoms with Crippen molar-refractivity contribution in [3.8, 4) is 0 Å². The lowest BCUT2D eigenvalue weighted by molar-refractivity contribution is -0.134. The molecule has 2 fully saturated rings. The Balaban J connectivity index is 2.03. The summed E-state index contributed by atoms with van der Waals surface area (Å²) >= 11 is 0. The van der Waals surface area contributed by atoms with Gasteiger partial charge >= 0.3 is 0 Å². The average molecular weight is 240 g/mol. The highest BCUT2D eigenvalue weighted by Gasteiger charge is 2.42. The van der Waals surface area contributed by atoms with E-state index in [-0.39, 0.29) is 23.7 Å². The number of rotatable bonds is 3. The van der Waals surface area contributed by atoms with Crippen LogP contribution in [0.25, 0.3) is 0 Å². The van der Waals surface area contributed by atoms with Crippen LogP contribution in [0.1, 0.15) is 40.5 Å². The van der Waals surface area contributed by atoms with Gasteiger partial charge in [0.1, 0.15) is 0 Å². The van der Waals surface area contributed by atoms with Crippen LogP contribution in [0.4, 0.5) is 0 Å². The summed E-state index contributed by atoms with van der Waals surface area (Å²) in [5, 5.41) is 3.37. The van der Waals surface area contributed by atoms with Crippen LogP contribution in [-0.2, 0) is 9.53 Å². The van der Waals surface area contributed by atoms with E-state index >= 15 is 0 Å². The van der Waals surface area contributed by atoms with Gasteiger partial charge in [-0.15, -0.1) is 0 Å². The first-order chi connectivity index (χ1) is 7.93. The van der Waals surface area contributed by atoms with Gasteiger partial charge in [-0.05, 0) is 32.6 Å². The number of ether oxygens (including phenoxy) is 1. The van der Waals surface area contributed by atoms with E-state index in [9.17, 15) is 4.79 Å². The van der Waals surface area contributed by atoms with Gasteiger partial charge in [0.15, 0.2) is 0 Å². The van der Waals surface area contributed by atoms with E-state index in [2.05, 4.69) is 33.0 Å². The quantitative estimate of drug-likeness (QED) is 0.810. The van der Waals surface area contributed by atoms with Crippen LogP contribution in [0.5, 0.6) is 0 Å². The second-order valence-electron chi connectivity index (χ2n) is 5.93. The van der Waals surface area contributed by atoms with Gasteiger partial charge in [-0.2, -0.15) is 0 Å². The van der Waals surface area contributed by atoms with Crippen molar-refractivity contribution in [1.82, 2.24) is 10.2 Å². The Morgan fingerprint density at radius 3 is 2.76 bits per heavy atom. The molecule has 0 aromatic carbocycles. The van der Waals surface area contributed by atoms with E-state index in [1.165, 1.54) is 0 Å². The monoisotopic (exact) mass is 240 g/mol. The van der Waals surface area contributed by atoms with Crippen LogP contribution in [0, 0.1) is 5.92 Å². The summed E-state index contributed by atoms with van der Waals surface area (Å²) in [5.41, 5.74) is -0.141. The zero-order valence-corrected chi connectivity index (χ0v) is 11.3. The number of hydrogen-bond acceptors (Lipinski definition) is 3. The summed E-state index contributed by atoms with van der Waals surface area (Å²) in [6, 6.07) is -0.0324. The first kappa shape index (κ1) is 12.8. The number of nitrogens with zero attached hydrogens (tertiary/aromatic N) is 1. The van der Waals surface area contributed by atoms with Gasteiger partial charge in [-0.25, -0.2) is 0 Å². The third-order valence-corrected chi connectivity index (χ3v) is 3.91. The molecule has 2 aliphatic rings. The summed E-state index contributed by atoms with van der Waals surface area (Å²) in [7, 11) is 0. The standard InChI is InChI=1S/C13H24N2O2/c1-9(2)11-12(16)15(10(3)14-11)8-13(4)6-5-7-17-13/h9-11,14H,5-8H2,1-4H3. The lowest BCUT2D eigenvalue weighted by Crippen LogP contribution is -2.45. The predicted molar refractivity (Wildman–Crippen MR) is 66.5 cm³/mol. The van der Waals surface area contributed by atoms with Crippen molar-refractivity contribution < 1.29 is 9.53 Å². The molecule has 98 valence electrons. The molecule has 0 radical (unpaired) electrons. The van der Waals surface area contributed by atoms with Crippen LogP contribution in [0.15, 0.2) is 0 Å². The zero-order chi connectivity index (χ0) is 12.6. The largest absolute Gasteiger partial charge is 0.373 e. The van der Waals surface area contributed by atoms with Crippen molar-refractivity contribution in [2.75, 3.05) is 13.2 Å². The molecule has 3 atom stereocenters.